The van der Waals surface area contributed by atoms with E-state index in [0.717, 1.165) is 12.1 Å². The van der Waals surface area contributed by atoms with Crippen LogP contribution in [0.1, 0.15) is 26.3 Å². The average Bonchev–Trinajstić information content (AvgIpc) is 2.88. The zero-order chi connectivity index (χ0) is 25.0. The van der Waals surface area contributed by atoms with Gasteiger partial charge in [0.15, 0.2) is 0 Å². The maximum absolute atomic E-state index is 13.2. The Morgan fingerprint density at radius 1 is 0.971 bits per heavy atom. The van der Waals surface area contributed by atoms with Crippen LogP contribution in [0.5, 0.6) is 5.75 Å². The highest BCUT2D eigenvalue weighted by molar-refractivity contribution is 6.05. The molecule has 1 aromatic heterocycles. The molecule has 0 saturated carbocycles. The van der Waals surface area contributed by atoms with Crippen molar-refractivity contribution in [3.05, 3.63) is 83.6 Å². The second-order valence-electron chi connectivity index (χ2n) is 7.91. The Kier molecular flexibility index (Phi) is 6.90. The summed E-state index contributed by atoms with van der Waals surface area (Å²) in [5, 5.41) is 2.47. The van der Waals surface area contributed by atoms with Gasteiger partial charge in [0.05, 0.1) is 30.1 Å². The van der Waals surface area contributed by atoms with Crippen LogP contribution in [0.2, 0.25) is 0 Å². The van der Waals surface area contributed by atoms with E-state index in [9.17, 15) is 22.8 Å². The van der Waals surface area contributed by atoms with Crippen LogP contribution in [0.3, 0.4) is 0 Å². The van der Waals surface area contributed by atoms with E-state index in [1.807, 2.05) is 4.90 Å². The molecule has 0 spiro atoms. The molecule has 0 atom stereocenters. The number of aromatic nitrogens is 1. The highest BCUT2D eigenvalue weighted by Gasteiger charge is 2.34. The molecule has 4 rings (SSSR count). The van der Waals surface area contributed by atoms with Crippen LogP contribution in [0.25, 0.3) is 0 Å². The molecule has 7 nitrogen and oxygen atoms in total. The van der Waals surface area contributed by atoms with Gasteiger partial charge in [0.25, 0.3) is 11.8 Å². The van der Waals surface area contributed by atoms with Crippen molar-refractivity contribution in [1.82, 2.24) is 9.88 Å². The minimum absolute atomic E-state index is 0.0753. The summed E-state index contributed by atoms with van der Waals surface area (Å²) < 4.78 is 44.7. The third-order valence-corrected chi connectivity index (χ3v) is 5.69. The lowest BCUT2D eigenvalue weighted by Crippen LogP contribution is -2.49. The average molecular weight is 484 g/mol. The molecule has 0 unspecified atom stereocenters. The molecule has 1 N–H and O–H groups in total. The molecule has 182 valence electrons. The summed E-state index contributed by atoms with van der Waals surface area (Å²) in [4.78, 5) is 33.3. The zero-order valence-electron chi connectivity index (χ0n) is 18.9. The van der Waals surface area contributed by atoms with Gasteiger partial charge in [-0.25, -0.2) is 4.98 Å². The predicted molar refractivity (Wildman–Crippen MR) is 125 cm³/mol. The van der Waals surface area contributed by atoms with Crippen molar-refractivity contribution < 1.29 is 27.5 Å². The van der Waals surface area contributed by atoms with Crippen molar-refractivity contribution >= 4 is 23.3 Å². The number of alkyl halides is 3. The van der Waals surface area contributed by atoms with E-state index in [-0.39, 0.29) is 11.6 Å². The van der Waals surface area contributed by atoms with Crippen LogP contribution in [-0.2, 0) is 6.18 Å². The molecule has 2 heterocycles. The number of benzene rings is 2. The SMILES string of the molecule is COc1cccc(C(=O)N2CCN(c3ccc(NC(=O)c4ccccc4C(F)(F)F)cn3)CC2)c1. The molecule has 0 bridgehead atoms. The van der Waals surface area contributed by atoms with Gasteiger partial charge in [-0.15, -0.1) is 0 Å². The van der Waals surface area contributed by atoms with Gasteiger partial charge in [-0.2, -0.15) is 13.2 Å². The highest BCUT2D eigenvalue weighted by Crippen LogP contribution is 2.32. The minimum Gasteiger partial charge on any atom is -0.497 e. The van der Waals surface area contributed by atoms with Gasteiger partial charge >= 0.3 is 6.18 Å². The monoisotopic (exact) mass is 484 g/mol. The fourth-order valence-corrected chi connectivity index (χ4v) is 3.85. The molecule has 2 aromatic carbocycles. The van der Waals surface area contributed by atoms with Gasteiger partial charge in [0.1, 0.15) is 11.6 Å². The van der Waals surface area contributed by atoms with Gasteiger partial charge < -0.3 is 19.9 Å². The van der Waals surface area contributed by atoms with E-state index in [2.05, 4.69) is 10.3 Å². The maximum Gasteiger partial charge on any atom is 0.417 e. The topological polar surface area (TPSA) is 74.8 Å². The number of hydrogen-bond donors (Lipinski definition) is 1. The van der Waals surface area contributed by atoms with Crippen molar-refractivity contribution in [2.24, 2.45) is 0 Å². The number of piperazine rings is 1. The maximum atomic E-state index is 13.2. The standard InChI is InChI=1S/C25H23F3N4O3/c1-35-19-6-4-5-17(15-19)24(34)32-13-11-31(12-14-32)22-10-9-18(16-29-22)30-23(33)20-7-2-3-8-21(20)25(26,27)28/h2-10,15-16H,11-14H2,1H3,(H,30,33). The summed E-state index contributed by atoms with van der Waals surface area (Å²) in [6, 6.07) is 14.9. The van der Waals surface area contributed by atoms with Gasteiger partial charge in [-0.05, 0) is 42.5 Å². The smallest absolute Gasteiger partial charge is 0.417 e. The fraction of sp³-hybridized carbons (Fsp3) is 0.240. The number of halogens is 3. The predicted octanol–water partition coefficient (Wildman–Crippen LogP) is 4.32. The van der Waals surface area contributed by atoms with E-state index in [1.165, 1.54) is 18.3 Å². The number of nitrogens with zero attached hydrogens (tertiary/aromatic N) is 3. The number of nitrogens with one attached hydrogen (secondary N) is 1. The van der Waals surface area contributed by atoms with Crippen molar-refractivity contribution in [2.45, 2.75) is 6.18 Å². The van der Waals surface area contributed by atoms with Crippen LogP contribution in [0.4, 0.5) is 24.7 Å². The number of pyridine rings is 1. The Morgan fingerprint density at radius 3 is 2.37 bits per heavy atom. The number of ether oxygens (including phenoxy) is 1. The first-order valence-electron chi connectivity index (χ1n) is 10.9. The molecule has 1 aliphatic heterocycles. The number of methoxy groups -OCH3 is 1. The van der Waals surface area contributed by atoms with E-state index in [1.54, 1.807) is 48.4 Å². The van der Waals surface area contributed by atoms with E-state index >= 15 is 0 Å². The summed E-state index contributed by atoms with van der Waals surface area (Å²) in [6.45, 7) is 2.13. The van der Waals surface area contributed by atoms with Crippen LogP contribution in [0, 0.1) is 0 Å². The summed E-state index contributed by atoms with van der Waals surface area (Å²) >= 11 is 0. The number of anilines is 2. The molecule has 0 aliphatic carbocycles. The molecule has 1 saturated heterocycles. The molecule has 1 aliphatic rings. The second kappa shape index (κ2) is 10.0. The first-order valence-corrected chi connectivity index (χ1v) is 10.9. The summed E-state index contributed by atoms with van der Waals surface area (Å²) in [5.41, 5.74) is -0.616. The molecule has 10 heteroatoms. The molecule has 35 heavy (non-hydrogen) atoms. The van der Waals surface area contributed by atoms with Crippen molar-refractivity contribution in [1.29, 1.82) is 0 Å². The summed E-state index contributed by atoms with van der Waals surface area (Å²) in [7, 11) is 1.55. The number of carbonyl (C=O) groups is 2. The third-order valence-electron chi connectivity index (χ3n) is 5.69. The Balaban J connectivity index is 1.36. The lowest BCUT2D eigenvalue weighted by atomic mass is 10.1. The normalized spacial score (nSPS) is 13.9. The third kappa shape index (κ3) is 5.53. The molecule has 1 fully saturated rings. The molecular formula is C25H23F3N4O3. The first-order chi connectivity index (χ1) is 16.8. The lowest BCUT2D eigenvalue weighted by Gasteiger charge is -2.35. The lowest BCUT2D eigenvalue weighted by molar-refractivity contribution is -0.137. The fourth-order valence-electron chi connectivity index (χ4n) is 3.85. The Hall–Kier alpha value is -4.08. The molecule has 2 amide bonds. The zero-order valence-corrected chi connectivity index (χ0v) is 18.9. The van der Waals surface area contributed by atoms with E-state index < -0.39 is 23.2 Å². The van der Waals surface area contributed by atoms with Crippen LogP contribution >= 0.6 is 0 Å². The summed E-state index contributed by atoms with van der Waals surface area (Å²) in [5.74, 6) is 0.325. The van der Waals surface area contributed by atoms with Gasteiger partial charge in [-0.3, -0.25) is 9.59 Å². The Morgan fingerprint density at radius 2 is 1.71 bits per heavy atom. The highest BCUT2D eigenvalue weighted by atomic mass is 19.4. The van der Waals surface area contributed by atoms with Crippen LogP contribution in [-0.4, -0.2) is 55.0 Å². The quantitative estimate of drug-likeness (QED) is 0.584. The van der Waals surface area contributed by atoms with Crippen LogP contribution < -0.4 is 15.0 Å². The largest absolute Gasteiger partial charge is 0.497 e. The Labute approximate surface area is 200 Å². The van der Waals surface area contributed by atoms with Crippen molar-refractivity contribution in [3.63, 3.8) is 0 Å². The van der Waals surface area contributed by atoms with E-state index in [4.69, 9.17) is 4.74 Å². The second-order valence-corrected chi connectivity index (χ2v) is 7.91. The molecule has 3 aromatic rings. The van der Waals surface area contributed by atoms with E-state index in [0.29, 0.717) is 43.3 Å². The van der Waals surface area contributed by atoms with Crippen molar-refractivity contribution in [3.8, 4) is 5.75 Å². The van der Waals surface area contributed by atoms with Gasteiger partial charge in [0, 0.05) is 31.7 Å². The van der Waals surface area contributed by atoms with Gasteiger partial charge in [0.2, 0.25) is 0 Å². The van der Waals surface area contributed by atoms with Gasteiger partial charge in [-0.1, -0.05) is 18.2 Å². The minimum atomic E-state index is -4.63. The number of rotatable bonds is 5. The number of carbonyl (C=O) groups excluding carboxylic acids is 2. The Bertz CT molecular complexity index is 1210. The number of amides is 2. The number of hydrogen-bond acceptors (Lipinski definition) is 5. The molecule has 0 radical (unpaired) electrons. The molecular weight excluding hydrogens is 461 g/mol. The van der Waals surface area contributed by atoms with Crippen LogP contribution in [0.15, 0.2) is 66.9 Å². The van der Waals surface area contributed by atoms with Crippen molar-refractivity contribution in [2.75, 3.05) is 43.5 Å². The summed E-state index contributed by atoms with van der Waals surface area (Å²) in [6.07, 6.45) is -3.23. The first kappa shape index (κ1) is 24.1.